The van der Waals surface area contributed by atoms with Crippen LogP contribution in [0.15, 0.2) is 47.6 Å². The topological polar surface area (TPSA) is 0 Å². The summed E-state index contributed by atoms with van der Waals surface area (Å²) in [6.45, 7) is 14.1. The van der Waals surface area contributed by atoms with Gasteiger partial charge < -0.3 is 0 Å². The Hall–Kier alpha value is -0.823. The lowest BCUT2D eigenvalue weighted by Gasteiger charge is -2.31. The molecule has 0 radical (unpaired) electrons. The monoisotopic (exact) mass is 272 g/mol. The highest BCUT2D eigenvalue weighted by Gasteiger charge is 2.32. The molecule has 0 fully saturated rings. The van der Waals surface area contributed by atoms with Crippen molar-refractivity contribution in [2.75, 3.05) is 0 Å². The predicted octanol–water partition coefficient (Wildman–Crippen LogP) is 4.82. The molecule has 2 rings (SSSR count). The third-order valence-corrected chi connectivity index (χ3v) is 6.72. The van der Waals surface area contributed by atoms with Crippen molar-refractivity contribution in [3.63, 3.8) is 0 Å². The molecule has 0 aromatic rings. The fourth-order valence-electron chi connectivity index (χ4n) is 3.34. The highest BCUT2D eigenvalue weighted by Crippen LogP contribution is 2.45. The van der Waals surface area contributed by atoms with Crippen LogP contribution in [0.2, 0.25) is 11.1 Å². The van der Waals surface area contributed by atoms with E-state index in [1.807, 2.05) is 0 Å². The Labute approximate surface area is 121 Å². The molecular weight excluding hydrogens is 244 g/mol. The Balaban J connectivity index is 2.11. The van der Waals surface area contributed by atoms with Crippen molar-refractivity contribution in [3.8, 4) is 0 Å². The summed E-state index contributed by atoms with van der Waals surface area (Å²) in [7, 11) is -0.200. The van der Waals surface area contributed by atoms with Gasteiger partial charge in [0.15, 0.2) is 0 Å². The summed E-state index contributed by atoms with van der Waals surface area (Å²) in [5, 5.41) is 0. The van der Waals surface area contributed by atoms with E-state index in [2.05, 4.69) is 78.0 Å². The molecule has 2 atom stereocenters. The van der Waals surface area contributed by atoms with E-state index in [4.69, 9.17) is 0 Å². The SMILES string of the molecule is CC(C)(C)C1=CC=CC1[SiH2]C1C=CC=C1C(C)(C)C. The molecule has 1 heteroatoms. The van der Waals surface area contributed by atoms with Gasteiger partial charge in [0.05, 0.1) is 0 Å². The van der Waals surface area contributed by atoms with Crippen LogP contribution in [-0.2, 0) is 0 Å². The van der Waals surface area contributed by atoms with Crippen LogP contribution in [0.5, 0.6) is 0 Å². The first-order chi connectivity index (χ1) is 8.69. The molecule has 19 heavy (non-hydrogen) atoms. The standard InChI is InChI=1S/C18H28Si/c1-17(2,3)13-9-7-11-15(13)19-16-12-8-10-14(16)18(4,5)6/h7-12,15-16H,19H2,1-6H3. The second-order valence-corrected chi connectivity index (χ2v) is 10.2. The van der Waals surface area contributed by atoms with E-state index in [9.17, 15) is 0 Å². The van der Waals surface area contributed by atoms with Gasteiger partial charge in [-0.1, -0.05) is 89.1 Å². The van der Waals surface area contributed by atoms with E-state index in [0.29, 0.717) is 10.8 Å². The Morgan fingerprint density at radius 3 is 1.42 bits per heavy atom. The summed E-state index contributed by atoms with van der Waals surface area (Å²) in [6, 6.07) is 0. The van der Waals surface area contributed by atoms with Crippen molar-refractivity contribution in [2.24, 2.45) is 10.8 Å². The summed E-state index contributed by atoms with van der Waals surface area (Å²) in [5.41, 5.74) is 5.42. The minimum atomic E-state index is -0.200. The Kier molecular flexibility index (Phi) is 3.79. The average Bonchev–Trinajstić information content (AvgIpc) is 2.83. The van der Waals surface area contributed by atoms with Gasteiger partial charge >= 0.3 is 0 Å². The molecule has 104 valence electrons. The number of hydrogen-bond donors (Lipinski definition) is 0. The zero-order valence-electron chi connectivity index (χ0n) is 13.3. The lowest BCUT2D eigenvalue weighted by molar-refractivity contribution is 0.489. The zero-order valence-corrected chi connectivity index (χ0v) is 14.7. The van der Waals surface area contributed by atoms with E-state index in [1.165, 1.54) is 0 Å². The second-order valence-electron chi connectivity index (χ2n) is 7.96. The summed E-state index contributed by atoms with van der Waals surface area (Å²) in [4.78, 5) is 0. The van der Waals surface area contributed by atoms with Crippen LogP contribution in [-0.4, -0.2) is 9.52 Å². The Morgan fingerprint density at radius 1 is 0.737 bits per heavy atom. The molecule has 0 saturated carbocycles. The fourth-order valence-corrected chi connectivity index (χ4v) is 6.52. The molecule has 0 aromatic heterocycles. The fraction of sp³-hybridized carbons (Fsp3) is 0.556. The van der Waals surface area contributed by atoms with Crippen LogP contribution < -0.4 is 0 Å². The number of hydrogen-bond acceptors (Lipinski definition) is 0. The zero-order chi connectivity index (χ0) is 14.3. The maximum absolute atomic E-state index is 2.44. The quantitative estimate of drug-likeness (QED) is 0.632. The van der Waals surface area contributed by atoms with Gasteiger partial charge in [-0.25, -0.2) is 0 Å². The molecule has 0 amide bonds. The average molecular weight is 273 g/mol. The maximum Gasteiger partial charge on any atom is 0.0459 e. The predicted molar refractivity (Wildman–Crippen MR) is 89.4 cm³/mol. The maximum atomic E-state index is 2.44. The Morgan fingerprint density at radius 2 is 1.11 bits per heavy atom. The van der Waals surface area contributed by atoms with Gasteiger partial charge in [0.2, 0.25) is 0 Å². The number of rotatable bonds is 2. The molecule has 0 bridgehead atoms. The van der Waals surface area contributed by atoms with E-state index >= 15 is 0 Å². The third kappa shape index (κ3) is 3.20. The Bertz CT molecular complexity index is 417. The van der Waals surface area contributed by atoms with Gasteiger partial charge in [-0.3, -0.25) is 0 Å². The lowest BCUT2D eigenvalue weighted by atomic mass is 9.85. The molecule has 2 aliphatic carbocycles. The summed E-state index contributed by atoms with van der Waals surface area (Å²) in [6.07, 6.45) is 14.2. The minimum absolute atomic E-state index is 0.200. The van der Waals surface area contributed by atoms with Crippen molar-refractivity contribution < 1.29 is 0 Å². The molecular formula is C18H28Si. The van der Waals surface area contributed by atoms with Gasteiger partial charge in [-0.05, 0) is 21.9 Å². The lowest BCUT2D eigenvalue weighted by Crippen LogP contribution is -2.21. The largest absolute Gasteiger partial charge is 0.0807 e. The molecule has 0 aromatic carbocycles. The first-order valence-electron chi connectivity index (χ1n) is 7.47. The van der Waals surface area contributed by atoms with Crippen molar-refractivity contribution in [2.45, 2.75) is 52.6 Å². The van der Waals surface area contributed by atoms with E-state index in [0.717, 1.165) is 11.1 Å². The summed E-state index contributed by atoms with van der Waals surface area (Å²) < 4.78 is 0. The first-order valence-corrected chi connectivity index (χ1v) is 9.10. The number of allylic oxidation sites excluding steroid dienone is 8. The molecule has 2 aliphatic rings. The van der Waals surface area contributed by atoms with Crippen LogP contribution in [0.3, 0.4) is 0 Å². The van der Waals surface area contributed by atoms with Gasteiger partial charge in [-0.15, -0.1) is 0 Å². The smallest absolute Gasteiger partial charge is 0.0459 e. The van der Waals surface area contributed by atoms with E-state index in [1.54, 1.807) is 11.1 Å². The summed E-state index contributed by atoms with van der Waals surface area (Å²) in [5.74, 6) is 0. The van der Waals surface area contributed by atoms with E-state index in [-0.39, 0.29) is 9.52 Å². The highest BCUT2D eigenvalue weighted by atomic mass is 28.2. The van der Waals surface area contributed by atoms with Gasteiger partial charge in [0.25, 0.3) is 0 Å². The summed E-state index contributed by atoms with van der Waals surface area (Å²) >= 11 is 0. The van der Waals surface area contributed by atoms with Crippen molar-refractivity contribution in [3.05, 3.63) is 47.6 Å². The van der Waals surface area contributed by atoms with Crippen LogP contribution in [0, 0.1) is 10.8 Å². The van der Waals surface area contributed by atoms with Gasteiger partial charge in [-0.2, -0.15) is 0 Å². The molecule has 0 aliphatic heterocycles. The van der Waals surface area contributed by atoms with Crippen LogP contribution >= 0.6 is 0 Å². The molecule has 0 heterocycles. The molecule has 0 saturated heterocycles. The van der Waals surface area contributed by atoms with Crippen LogP contribution in [0.1, 0.15) is 41.5 Å². The van der Waals surface area contributed by atoms with Gasteiger partial charge in [0, 0.05) is 9.52 Å². The molecule has 2 unspecified atom stereocenters. The first kappa shape index (κ1) is 14.6. The second kappa shape index (κ2) is 4.94. The van der Waals surface area contributed by atoms with Crippen LogP contribution in [0.4, 0.5) is 0 Å². The van der Waals surface area contributed by atoms with Crippen LogP contribution in [0.25, 0.3) is 0 Å². The molecule has 0 N–H and O–H groups in total. The minimum Gasteiger partial charge on any atom is -0.0807 e. The molecule has 0 nitrogen and oxygen atoms in total. The van der Waals surface area contributed by atoms with Crippen molar-refractivity contribution >= 4 is 9.52 Å². The highest BCUT2D eigenvalue weighted by molar-refractivity contribution is 6.44. The van der Waals surface area contributed by atoms with Gasteiger partial charge in [0.1, 0.15) is 0 Å². The third-order valence-electron chi connectivity index (χ3n) is 4.28. The van der Waals surface area contributed by atoms with E-state index < -0.39 is 0 Å². The molecule has 0 spiro atoms. The van der Waals surface area contributed by atoms with Crippen molar-refractivity contribution in [1.29, 1.82) is 0 Å². The van der Waals surface area contributed by atoms with Crippen molar-refractivity contribution in [1.82, 2.24) is 0 Å². The normalized spacial score (nSPS) is 27.5.